The first-order chi connectivity index (χ1) is 13.5. The van der Waals surface area contributed by atoms with E-state index in [0.717, 1.165) is 31.3 Å². The van der Waals surface area contributed by atoms with Crippen molar-refractivity contribution in [3.8, 4) is 0 Å². The van der Waals surface area contributed by atoms with Crippen molar-refractivity contribution in [2.45, 2.75) is 71.0 Å². The summed E-state index contributed by atoms with van der Waals surface area (Å²) in [5, 5.41) is 0. The van der Waals surface area contributed by atoms with E-state index in [0.29, 0.717) is 25.2 Å². The Morgan fingerprint density at radius 1 is 1.17 bits per heavy atom. The molecule has 0 amide bonds. The molecule has 0 saturated heterocycles. The van der Waals surface area contributed by atoms with Crippen LogP contribution in [-0.4, -0.2) is 36.9 Å². The molecule has 29 heavy (non-hydrogen) atoms. The zero-order chi connectivity index (χ0) is 20.8. The third-order valence-electron chi connectivity index (χ3n) is 8.96. The summed E-state index contributed by atoms with van der Waals surface area (Å²) in [5.74, 6) is 0.755. The van der Waals surface area contributed by atoms with Gasteiger partial charge >= 0.3 is 16.4 Å². The minimum Gasteiger partial charge on any atom is -0.455 e. The molecule has 1 aliphatic heterocycles. The number of fused-ring (bicyclic) bond motifs is 7. The maximum atomic E-state index is 13.5. The lowest BCUT2D eigenvalue weighted by atomic mass is 9.44. The van der Waals surface area contributed by atoms with Crippen LogP contribution >= 0.6 is 0 Å². The van der Waals surface area contributed by atoms with E-state index in [4.69, 9.17) is 13.5 Å². The number of hydrogen-bond acceptors (Lipinski definition) is 6. The number of carbonyl (C=O) groups is 2. The summed E-state index contributed by atoms with van der Waals surface area (Å²) in [6, 6.07) is 0. The van der Waals surface area contributed by atoms with Gasteiger partial charge in [0.2, 0.25) is 0 Å². The first-order valence-corrected chi connectivity index (χ1v) is 12.0. The number of esters is 1. The van der Waals surface area contributed by atoms with E-state index in [9.17, 15) is 18.0 Å². The summed E-state index contributed by atoms with van der Waals surface area (Å²) in [6.07, 6.45) is 5.82. The number of ether oxygens (including phenoxy) is 1. The summed E-state index contributed by atoms with van der Waals surface area (Å²) < 4.78 is 41.7. The monoisotopic (exact) mass is 424 g/mol. The predicted octanol–water partition coefficient (Wildman–Crippen LogP) is 2.86. The second-order valence-corrected chi connectivity index (χ2v) is 11.3. The average molecular weight is 425 g/mol. The number of hydrogen-bond donors (Lipinski definition) is 1. The summed E-state index contributed by atoms with van der Waals surface area (Å²) >= 11 is 0. The Morgan fingerprint density at radius 3 is 2.66 bits per heavy atom. The van der Waals surface area contributed by atoms with Gasteiger partial charge in [-0.25, -0.2) is 8.98 Å². The Balaban J connectivity index is 1.43. The van der Waals surface area contributed by atoms with E-state index in [-0.39, 0.29) is 46.4 Å². The molecule has 160 valence electrons. The molecule has 1 heterocycles. The van der Waals surface area contributed by atoms with Gasteiger partial charge in [0, 0.05) is 23.8 Å². The fourth-order valence-electron chi connectivity index (χ4n) is 7.81. The van der Waals surface area contributed by atoms with E-state index < -0.39 is 16.5 Å². The van der Waals surface area contributed by atoms with E-state index in [1.807, 2.05) is 0 Å². The quantitative estimate of drug-likeness (QED) is 0.536. The van der Waals surface area contributed by atoms with E-state index >= 15 is 0 Å². The molecule has 0 bridgehead atoms. The number of carbonyl (C=O) groups excluding carboxylic acids is 2. The molecule has 5 aliphatic rings. The summed E-state index contributed by atoms with van der Waals surface area (Å²) in [5.41, 5.74) is 0.545. The second-order valence-electron chi connectivity index (χ2n) is 10.3. The van der Waals surface area contributed by atoms with E-state index in [1.165, 1.54) is 0 Å². The zero-order valence-corrected chi connectivity index (χ0v) is 17.6. The van der Waals surface area contributed by atoms with Crippen molar-refractivity contribution in [1.29, 1.82) is 0 Å². The predicted molar refractivity (Wildman–Crippen MR) is 102 cm³/mol. The van der Waals surface area contributed by atoms with Crippen molar-refractivity contribution in [3.05, 3.63) is 11.6 Å². The highest BCUT2D eigenvalue weighted by molar-refractivity contribution is 7.80. The van der Waals surface area contributed by atoms with Crippen LogP contribution in [0.1, 0.15) is 58.8 Å². The molecule has 8 heteroatoms. The molecule has 0 unspecified atom stereocenters. The Morgan fingerprint density at radius 2 is 1.93 bits per heavy atom. The topological polar surface area (TPSA) is 107 Å². The van der Waals surface area contributed by atoms with Crippen LogP contribution < -0.4 is 0 Å². The Labute approximate surface area is 171 Å². The van der Waals surface area contributed by atoms with Crippen molar-refractivity contribution < 1.29 is 31.5 Å². The van der Waals surface area contributed by atoms with Gasteiger partial charge in [0.1, 0.15) is 11.9 Å². The zero-order valence-electron chi connectivity index (χ0n) is 16.8. The third-order valence-corrected chi connectivity index (χ3v) is 9.47. The molecule has 4 fully saturated rings. The van der Waals surface area contributed by atoms with Crippen LogP contribution in [0, 0.1) is 34.5 Å². The molecule has 4 aliphatic carbocycles. The highest BCUT2D eigenvalue weighted by Crippen LogP contribution is 2.67. The van der Waals surface area contributed by atoms with Gasteiger partial charge in [-0.15, -0.1) is 0 Å². The van der Waals surface area contributed by atoms with Crippen LogP contribution in [0.15, 0.2) is 11.6 Å². The first-order valence-electron chi connectivity index (χ1n) is 10.6. The van der Waals surface area contributed by atoms with Gasteiger partial charge < -0.3 is 4.74 Å². The lowest BCUT2D eigenvalue weighted by molar-refractivity contribution is -0.157. The first kappa shape index (κ1) is 19.7. The molecule has 0 spiro atoms. The molecular formula is C21H28O7S. The van der Waals surface area contributed by atoms with Crippen LogP contribution in [0.3, 0.4) is 0 Å². The molecule has 0 aromatic carbocycles. The van der Waals surface area contributed by atoms with E-state index in [1.54, 1.807) is 6.08 Å². The molecule has 4 saturated carbocycles. The van der Waals surface area contributed by atoms with Crippen LogP contribution in [-0.2, 0) is 28.9 Å². The lowest BCUT2D eigenvalue weighted by Gasteiger charge is -2.59. The molecule has 8 atom stereocenters. The number of rotatable bonds is 2. The molecular weight excluding hydrogens is 396 g/mol. The Hall–Kier alpha value is -1.25. The van der Waals surface area contributed by atoms with Gasteiger partial charge in [-0.3, -0.25) is 9.35 Å². The Bertz CT molecular complexity index is 908. The van der Waals surface area contributed by atoms with Gasteiger partial charge in [-0.2, -0.15) is 8.42 Å². The number of ketones is 1. The largest absolute Gasteiger partial charge is 0.455 e. The fourth-order valence-corrected chi connectivity index (χ4v) is 8.33. The lowest BCUT2D eigenvalue weighted by Crippen LogP contribution is -2.57. The SMILES string of the molecule is C[C@]12CC[C@@H](OS(=O)(=O)O)C[C@H]1CC[C@@H]1[C@@H]2C(=O)C[C@]2(C)C3=CC(=O)O[C@@H]3C[C@@H]12. The highest BCUT2D eigenvalue weighted by atomic mass is 32.3. The molecule has 0 aromatic rings. The standard InChI is InChI=1S/C21H28O7S/c1-20-6-5-12(28-29(24,25)26)7-11(20)3-4-13-14-8-17-15(9-18(23)27-17)21(14,2)10-16(22)19(13)20/h9,11-14,17,19H,3-8,10H2,1-2H3,(H,24,25,26)/t11-,12-,13+,14+,17-,19-,20+,21+/m1/s1. The molecule has 1 N–H and O–H groups in total. The van der Waals surface area contributed by atoms with Crippen LogP contribution in [0.5, 0.6) is 0 Å². The second kappa shape index (κ2) is 6.14. The maximum Gasteiger partial charge on any atom is 0.397 e. The maximum absolute atomic E-state index is 13.5. The molecule has 0 radical (unpaired) electrons. The van der Waals surface area contributed by atoms with Gasteiger partial charge in [-0.05, 0) is 67.3 Å². The average Bonchev–Trinajstić information content (AvgIpc) is 3.09. The third kappa shape index (κ3) is 2.86. The van der Waals surface area contributed by atoms with Crippen molar-refractivity contribution in [1.82, 2.24) is 0 Å². The molecule has 0 aromatic heterocycles. The minimum absolute atomic E-state index is 0.0406. The molecule has 7 nitrogen and oxygen atoms in total. The Kier molecular flexibility index (Phi) is 4.17. The van der Waals surface area contributed by atoms with Crippen molar-refractivity contribution in [2.24, 2.45) is 34.5 Å². The van der Waals surface area contributed by atoms with Gasteiger partial charge in [0.15, 0.2) is 0 Å². The van der Waals surface area contributed by atoms with E-state index in [2.05, 4.69) is 13.8 Å². The van der Waals surface area contributed by atoms with Crippen molar-refractivity contribution in [2.75, 3.05) is 0 Å². The fraction of sp³-hybridized carbons (Fsp3) is 0.810. The number of Topliss-reactive ketones (excluding diaryl/α,β-unsaturated/α-hetero) is 1. The van der Waals surface area contributed by atoms with Crippen LogP contribution in [0.2, 0.25) is 0 Å². The minimum atomic E-state index is -4.46. The van der Waals surface area contributed by atoms with Crippen LogP contribution in [0.4, 0.5) is 0 Å². The smallest absolute Gasteiger partial charge is 0.397 e. The van der Waals surface area contributed by atoms with Gasteiger partial charge in [0.25, 0.3) is 0 Å². The summed E-state index contributed by atoms with van der Waals surface area (Å²) in [4.78, 5) is 25.2. The van der Waals surface area contributed by atoms with Crippen LogP contribution in [0.25, 0.3) is 0 Å². The molecule has 5 rings (SSSR count). The van der Waals surface area contributed by atoms with Crippen molar-refractivity contribution in [3.63, 3.8) is 0 Å². The normalized spacial score (nSPS) is 48.9. The highest BCUT2D eigenvalue weighted by Gasteiger charge is 2.65. The van der Waals surface area contributed by atoms with Crippen molar-refractivity contribution >= 4 is 22.2 Å². The van der Waals surface area contributed by atoms with Gasteiger partial charge in [0.05, 0.1) is 6.10 Å². The van der Waals surface area contributed by atoms with Gasteiger partial charge in [-0.1, -0.05) is 13.8 Å². The summed E-state index contributed by atoms with van der Waals surface area (Å²) in [7, 11) is -4.46. The summed E-state index contributed by atoms with van der Waals surface area (Å²) in [6.45, 7) is 4.32.